The van der Waals surface area contributed by atoms with Crippen LogP contribution in [-0.4, -0.2) is 0 Å². The second-order valence-corrected chi connectivity index (χ2v) is 5.03. The molecule has 0 aromatic heterocycles. The maximum atomic E-state index is 6.16. The summed E-state index contributed by atoms with van der Waals surface area (Å²) in [5.41, 5.74) is 2.21. The molecule has 19 heavy (non-hydrogen) atoms. The van der Waals surface area contributed by atoms with Gasteiger partial charge >= 0.3 is 0 Å². The summed E-state index contributed by atoms with van der Waals surface area (Å²) < 4.78 is 5.85. The molecule has 0 heterocycles. The lowest BCUT2D eigenvalue weighted by molar-refractivity contribution is 0.478. The molecule has 0 saturated carbocycles. The second kappa shape index (κ2) is 6.83. The predicted octanol–water partition coefficient (Wildman–Crippen LogP) is 5.82. The number of benzene rings is 2. The molecule has 0 saturated heterocycles. The second-order valence-electron chi connectivity index (χ2n) is 4.36. The number of halogens is 2. The molecule has 2 aromatic rings. The third kappa shape index (κ3) is 3.65. The van der Waals surface area contributed by atoms with E-state index in [0.717, 1.165) is 24.2 Å². The Labute approximate surface area is 124 Å². The van der Waals surface area contributed by atoms with E-state index in [0.29, 0.717) is 16.7 Å². The molecular formula is C16H16Cl2O. The van der Waals surface area contributed by atoms with Crippen LogP contribution >= 0.6 is 23.2 Å². The molecule has 0 radical (unpaired) electrons. The van der Waals surface area contributed by atoms with Crippen molar-refractivity contribution in [2.45, 2.75) is 25.6 Å². The Morgan fingerprint density at radius 2 is 1.79 bits per heavy atom. The Hall–Kier alpha value is -1.18. The van der Waals surface area contributed by atoms with Crippen molar-refractivity contribution in [3.8, 4) is 11.5 Å². The number of rotatable bonds is 5. The molecule has 0 spiro atoms. The largest absolute Gasteiger partial charge is 0.455 e. The Kier molecular flexibility index (Phi) is 5.12. The molecule has 0 atom stereocenters. The zero-order chi connectivity index (χ0) is 13.7. The number of alkyl halides is 1. The summed E-state index contributed by atoms with van der Waals surface area (Å²) in [5.74, 6) is 1.80. The molecule has 2 aromatic carbocycles. The van der Waals surface area contributed by atoms with E-state index < -0.39 is 0 Å². The Morgan fingerprint density at radius 3 is 2.42 bits per heavy atom. The van der Waals surface area contributed by atoms with E-state index in [1.54, 1.807) is 6.07 Å². The van der Waals surface area contributed by atoms with Crippen molar-refractivity contribution in [2.24, 2.45) is 0 Å². The fraction of sp³-hybridized carbons (Fsp3) is 0.250. The van der Waals surface area contributed by atoms with Crippen molar-refractivity contribution >= 4 is 23.2 Å². The smallest absolute Gasteiger partial charge is 0.150 e. The maximum absolute atomic E-state index is 6.16. The van der Waals surface area contributed by atoms with Crippen LogP contribution in [0.1, 0.15) is 24.5 Å². The van der Waals surface area contributed by atoms with Gasteiger partial charge in [0, 0.05) is 5.56 Å². The number of hydrogen-bond donors (Lipinski definition) is 0. The first-order chi connectivity index (χ1) is 9.24. The molecule has 0 aliphatic carbocycles. The highest BCUT2D eigenvalue weighted by molar-refractivity contribution is 6.32. The van der Waals surface area contributed by atoms with Gasteiger partial charge in [0.05, 0.1) is 10.9 Å². The van der Waals surface area contributed by atoms with Gasteiger partial charge in [-0.2, -0.15) is 0 Å². The van der Waals surface area contributed by atoms with E-state index in [9.17, 15) is 0 Å². The van der Waals surface area contributed by atoms with Crippen LogP contribution < -0.4 is 4.74 Å². The van der Waals surface area contributed by atoms with Crippen LogP contribution in [-0.2, 0) is 12.3 Å². The van der Waals surface area contributed by atoms with E-state index in [-0.39, 0.29) is 0 Å². The van der Waals surface area contributed by atoms with Crippen LogP contribution in [0.2, 0.25) is 5.02 Å². The molecule has 1 nitrogen and oxygen atoms in total. The lowest BCUT2D eigenvalue weighted by Crippen LogP contribution is -1.91. The summed E-state index contributed by atoms with van der Waals surface area (Å²) in [6.07, 6.45) is 2.22. The van der Waals surface area contributed by atoms with Gasteiger partial charge in [-0.1, -0.05) is 49.2 Å². The normalized spacial score (nSPS) is 10.5. The molecule has 100 valence electrons. The summed E-state index contributed by atoms with van der Waals surface area (Å²) >= 11 is 12.1. The molecular weight excluding hydrogens is 279 g/mol. The van der Waals surface area contributed by atoms with E-state index in [4.69, 9.17) is 27.9 Å². The molecule has 0 N–H and O–H groups in total. The van der Waals surface area contributed by atoms with Gasteiger partial charge in [0.1, 0.15) is 11.5 Å². The van der Waals surface area contributed by atoms with Gasteiger partial charge in [-0.15, -0.1) is 11.6 Å². The van der Waals surface area contributed by atoms with Crippen molar-refractivity contribution in [2.75, 3.05) is 0 Å². The van der Waals surface area contributed by atoms with Crippen LogP contribution in [0, 0.1) is 0 Å². The highest BCUT2D eigenvalue weighted by atomic mass is 35.5. The molecule has 2 rings (SSSR count). The number of hydrogen-bond acceptors (Lipinski definition) is 1. The SMILES string of the molecule is CCCc1ccc(Oc2c(Cl)cccc2CCl)cc1. The minimum atomic E-state index is 0.379. The average molecular weight is 295 g/mol. The van der Waals surface area contributed by atoms with Crippen molar-refractivity contribution < 1.29 is 4.74 Å². The van der Waals surface area contributed by atoms with Crippen molar-refractivity contribution in [3.63, 3.8) is 0 Å². The van der Waals surface area contributed by atoms with Crippen LogP contribution in [0.5, 0.6) is 11.5 Å². The highest BCUT2D eigenvalue weighted by Gasteiger charge is 2.08. The Bertz CT molecular complexity index is 535. The lowest BCUT2D eigenvalue weighted by Gasteiger charge is -2.11. The summed E-state index contributed by atoms with van der Waals surface area (Å²) in [4.78, 5) is 0. The first kappa shape index (κ1) is 14.2. The van der Waals surface area contributed by atoms with Crippen molar-refractivity contribution in [1.82, 2.24) is 0 Å². The van der Waals surface area contributed by atoms with Crippen LogP contribution in [0.15, 0.2) is 42.5 Å². The molecule has 3 heteroatoms. The highest BCUT2D eigenvalue weighted by Crippen LogP contribution is 2.33. The lowest BCUT2D eigenvalue weighted by atomic mass is 10.1. The van der Waals surface area contributed by atoms with E-state index >= 15 is 0 Å². The molecule has 0 fully saturated rings. The minimum absolute atomic E-state index is 0.379. The van der Waals surface area contributed by atoms with Gasteiger partial charge in [-0.25, -0.2) is 0 Å². The Balaban J connectivity index is 2.21. The summed E-state index contributed by atoms with van der Waals surface area (Å²) in [5, 5.41) is 0.579. The van der Waals surface area contributed by atoms with Crippen molar-refractivity contribution in [3.05, 3.63) is 58.6 Å². The van der Waals surface area contributed by atoms with Gasteiger partial charge in [-0.05, 0) is 30.2 Å². The van der Waals surface area contributed by atoms with Gasteiger partial charge in [0.15, 0.2) is 0 Å². The zero-order valence-corrected chi connectivity index (χ0v) is 12.3. The first-order valence-corrected chi connectivity index (χ1v) is 7.26. The van der Waals surface area contributed by atoms with Crippen molar-refractivity contribution in [1.29, 1.82) is 0 Å². The average Bonchev–Trinajstić information content (AvgIpc) is 2.43. The van der Waals surface area contributed by atoms with Gasteiger partial charge in [-0.3, -0.25) is 0 Å². The fourth-order valence-corrected chi connectivity index (χ4v) is 2.35. The van der Waals surface area contributed by atoms with Gasteiger partial charge in [0.2, 0.25) is 0 Å². The minimum Gasteiger partial charge on any atom is -0.455 e. The molecule has 0 aliphatic rings. The summed E-state index contributed by atoms with van der Waals surface area (Å²) in [6, 6.07) is 13.7. The topological polar surface area (TPSA) is 9.23 Å². The van der Waals surface area contributed by atoms with Crippen LogP contribution in [0.3, 0.4) is 0 Å². The van der Waals surface area contributed by atoms with E-state index in [2.05, 4.69) is 19.1 Å². The first-order valence-electron chi connectivity index (χ1n) is 6.34. The third-order valence-corrected chi connectivity index (χ3v) is 3.46. The standard InChI is InChI=1S/C16H16Cl2O/c1-2-4-12-7-9-14(10-8-12)19-16-13(11-17)5-3-6-15(16)18/h3,5-10H,2,4,11H2,1H3. The quantitative estimate of drug-likeness (QED) is 0.631. The summed E-state index contributed by atoms with van der Waals surface area (Å²) in [6.45, 7) is 2.17. The monoisotopic (exact) mass is 294 g/mol. The molecule has 0 unspecified atom stereocenters. The fourth-order valence-electron chi connectivity index (χ4n) is 1.90. The van der Waals surface area contributed by atoms with Gasteiger partial charge < -0.3 is 4.74 Å². The van der Waals surface area contributed by atoms with E-state index in [1.807, 2.05) is 24.3 Å². The molecule has 0 amide bonds. The number of ether oxygens (including phenoxy) is 1. The number of para-hydroxylation sites is 1. The third-order valence-electron chi connectivity index (χ3n) is 2.87. The number of aryl methyl sites for hydroxylation is 1. The summed E-state index contributed by atoms with van der Waals surface area (Å²) in [7, 11) is 0. The zero-order valence-electron chi connectivity index (χ0n) is 10.8. The Morgan fingerprint density at radius 1 is 1.05 bits per heavy atom. The van der Waals surface area contributed by atoms with Crippen LogP contribution in [0.4, 0.5) is 0 Å². The maximum Gasteiger partial charge on any atom is 0.150 e. The van der Waals surface area contributed by atoms with E-state index in [1.165, 1.54) is 5.56 Å². The molecule has 0 bridgehead atoms. The molecule has 0 aliphatic heterocycles. The van der Waals surface area contributed by atoms with Gasteiger partial charge in [0.25, 0.3) is 0 Å². The predicted molar refractivity (Wildman–Crippen MR) is 81.5 cm³/mol. The van der Waals surface area contributed by atoms with Crippen LogP contribution in [0.25, 0.3) is 0 Å².